The Morgan fingerprint density at radius 3 is 1.66 bits per heavy atom. The van der Waals surface area contributed by atoms with Gasteiger partial charge in [-0.05, 0) is 98.2 Å². The Hall–Kier alpha value is -9.19. The third kappa shape index (κ3) is 6.06. The van der Waals surface area contributed by atoms with Gasteiger partial charge in [0.25, 0.3) is 0 Å². The topological polar surface area (TPSA) is 56.7 Å². The first kappa shape index (κ1) is 38.1. The molecule has 0 radical (unpaired) electrons. The molecule has 11 aromatic carbocycles. The molecule has 3 heterocycles. The molecule has 0 saturated carbocycles. The van der Waals surface area contributed by atoms with Crippen molar-refractivity contribution >= 4 is 76.1 Å². The van der Waals surface area contributed by atoms with Crippen molar-refractivity contribution in [2.24, 2.45) is 0 Å². The highest BCUT2D eigenvalue weighted by atomic mass is 16.3. The average Bonchev–Trinajstić information content (AvgIpc) is 3.95. The van der Waals surface area contributed by atoms with Crippen molar-refractivity contribution in [2.75, 3.05) is 0 Å². The van der Waals surface area contributed by atoms with E-state index in [0.29, 0.717) is 17.5 Å². The minimum Gasteiger partial charge on any atom is -0.456 e. The van der Waals surface area contributed by atoms with E-state index in [-0.39, 0.29) is 0 Å². The number of hydrogen-bond acceptors (Lipinski definition) is 4. The smallest absolute Gasteiger partial charge is 0.164 e. The standard InChI is InChI=1S/C63H38N4O/c1-4-16-39(17-5-1)45-28-31-49-51(34-45)53(63-65-61(42-21-8-3-9-22-42)64-62(66-63)46-30-33-58-52(36-46)48-26-14-15-27-57(48)68-58)38-50(40-18-6-2-7-19-40)60(49)67-55-32-29-41-20-12-13-25-47(41)59(55)54-35-43-23-10-11-24-44(43)37-56(54)67/h1-38H. The van der Waals surface area contributed by atoms with Gasteiger partial charge in [-0.25, -0.2) is 15.0 Å². The lowest BCUT2D eigenvalue weighted by Gasteiger charge is -2.21. The quantitative estimate of drug-likeness (QED) is 0.167. The molecule has 0 spiro atoms. The SMILES string of the molecule is c1ccc(-c2ccc3c(-n4c5cc6ccccc6cc5c5c6ccccc6ccc54)c(-c4ccccc4)cc(-c4nc(-c5ccccc5)nc(-c5ccc6oc7ccccc7c6c5)n4)c3c2)cc1. The molecule has 0 fully saturated rings. The van der Waals surface area contributed by atoms with E-state index in [1.807, 2.05) is 42.5 Å². The molecule has 0 saturated heterocycles. The lowest BCUT2D eigenvalue weighted by Crippen LogP contribution is -2.04. The predicted octanol–water partition coefficient (Wildman–Crippen LogP) is 16.7. The molecule has 68 heavy (non-hydrogen) atoms. The number of nitrogens with zero attached hydrogens (tertiary/aromatic N) is 4. The summed E-state index contributed by atoms with van der Waals surface area (Å²) in [5.41, 5.74) is 12.1. The fourth-order valence-corrected chi connectivity index (χ4v) is 10.4. The number of para-hydroxylation sites is 1. The predicted molar refractivity (Wildman–Crippen MR) is 281 cm³/mol. The Labute approximate surface area is 390 Å². The second kappa shape index (κ2) is 15.2. The van der Waals surface area contributed by atoms with Crippen LogP contribution in [0.15, 0.2) is 235 Å². The number of benzene rings is 11. The van der Waals surface area contributed by atoms with Crippen LogP contribution in [0.1, 0.15) is 0 Å². The number of fused-ring (bicyclic) bond motifs is 10. The Morgan fingerprint density at radius 2 is 0.882 bits per heavy atom. The molecule has 0 aliphatic heterocycles. The fourth-order valence-electron chi connectivity index (χ4n) is 10.4. The molecule has 316 valence electrons. The third-order valence-electron chi connectivity index (χ3n) is 13.6. The van der Waals surface area contributed by atoms with Gasteiger partial charge in [-0.3, -0.25) is 0 Å². The molecule has 14 aromatic rings. The highest BCUT2D eigenvalue weighted by molar-refractivity contribution is 6.24. The number of aromatic nitrogens is 4. The summed E-state index contributed by atoms with van der Waals surface area (Å²) in [5, 5.41) is 11.5. The molecule has 5 heteroatoms. The molecule has 0 N–H and O–H groups in total. The second-order valence-corrected chi connectivity index (χ2v) is 17.5. The number of furan rings is 1. The van der Waals surface area contributed by atoms with Crippen LogP contribution in [0.2, 0.25) is 0 Å². The summed E-state index contributed by atoms with van der Waals surface area (Å²) in [6.45, 7) is 0. The monoisotopic (exact) mass is 866 g/mol. The van der Waals surface area contributed by atoms with Gasteiger partial charge in [0.1, 0.15) is 11.2 Å². The molecule has 0 aliphatic rings. The van der Waals surface area contributed by atoms with Crippen molar-refractivity contribution in [1.82, 2.24) is 19.5 Å². The van der Waals surface area contributed by atoms with E-state index in [0.717, 1.165) is 88.4 Å². The third-order valence-corrected chi connectivity index (χ3v) is 13.6. The van der Waals surface area contributed by atoms with E-state index in [4.69, 9.17) is 19.4 Å². The van der Waals surface area contributed by atoms with Crippen molar-refractivity contribution < 1.29 is 4.42 Å². The minimum absolute atomic E-state index is 0.583. The van der Waals surface area contributed by atoms with Crippen molar-refractivity contribution in [2.45, 2.75) is 0 Å². The molecular formula is C63H38N4O. The lowest BCUT2D eigenvalue weighted by atomic mass is 9.91. The Bertz CT molecular complexity index is 4310. The Morgan fingerprint density at radius 1 is 0.294 bits per heavy atom. The molecule has 14 rings (SSSR count). The summed E-state index contributed by atoms with van der Waals surface area (Å²) < 4.78 is 8.78. The summed E-state index contributed by atoms with van der Waals surface area (Å²) in [6.07, 6.45) is 0. The zero-order chi connectivity index (χ0) is 44.7. The highest BCUT2D eigenvalue weighted by Crippen LogP contribution is 2.46. The van der Waals surface area contributed by atoms with Gasteiger partial charge >= 0.3 is 0 Å². The van der Waals surface area contributed by atoms with Crippen LogP contribution in [0.3, 0.4) is 0 Å². The van der Waals surface area contributed by atoms with Crippen LogP contribution in [0.25, 0.3) is 138 Å². The van der Waals surface area contributed by atoms with Gasteiger partial charge in [0.15, 0.2) is 17.5 Å². The van der Waals surface area contributed by atoms with Gasteiger partial charge in [0, 0.05) is 49.2 Å². The van der Waals surface area contributed by atoms with Crippen LogP contribution in [-0.4, -0.2) is 19.5 Å². The van der Waals surface area contributed by atoms with Crippen molar-refractivity contribution in [1.29, 1.82) is 0 Å². The van der Waals surface area contributed by atoms with Crippen molar-refractivity contribution in [3.8, 4) is 62.1 Å². The van der Waals surface area contributed by atoms with Crippen LogP contribution < -0.4 is 0 Å². The van der Waals surface area contributed by atoms with E-state index in [2.05, 4.69) is 193 Å². The molecule has 0 aliphatic carbocycles. The Balaban J connectivity index is 1.12. The average molecular weight is 867 g/mol. The summed E-state index contributed by atoms with van der Waals surface area (Å²) in [4.78, 5) is 16.1. The van der Waals surface area contributed by atoms with E-state index >= 15 is 0 Å². The summed E-state index contributed by atoms with van der Waals surface area (Å²) in [7, 11) is 0. The minimum atomic E-state index is 0.583. The second-order valence-electron chi connectivity index (χ2n) is 17.5. The van der Waals surface area contributed by atoms with Gasteiger partial charge in [0.05, 0.1) is 16.7 Å². The lowest BCUT2D eigenvalue weighted by molar-refractivity contribution is 0.669. The van der Waals surface area contributed by atoms with Crippen LogP contribution >= 0.6 is 0 Å². The van der Waals surface area contributed by atoms with E-state index in [1.54, 1.807) is 0 Å². The van der Waals surface area contributed by atoms with Crippen LogP contribution in [0.5, 0.6) is 0 Å². The molecule has 0 bridgehead atoms. The molecule has 0 unspecified atom stereocenters. The molecule has 0 amide bonds. The van der Waals surface area contributed by atoms with Gasteiger partial charge in [0.2, 0.25) is 0 Å². The van der Waals surface area contributed by atoms with Crippen LogP contribution in [-0.2, 0) is 0 Å². The summed E-state index contributed by atoms with van der Waals surface area (Å²) >= 11 is 0. The Kier molecular flexibility index (Phi) is 8.52. The summed E-state index contributed by atoms with van der Waals surface area (Å²) in [5.74, 6) is 1.77. The maximum Gasteiger partial charge on any atom is 0.164 e. The van der Waals surface area contributed by atoms with Crippen LogP contribution in [0.4, 0.5) is 0 Å². The first-order chi connectivity index (χ1) is 33.7. The molecular weight excluding hydrogens is 829 g/mol. The van der Waals surface area contributed by atoms with Gasteiger partial charge in [-0.15, -0.1) is 0 Å². The first-order valence-electron chi connectivity index (χ1n) is 23.0. The van der Waals surface area contributed by atoms with Gasteiger partial charge < -0.3 is 8.98 Å². The van der Waals surface area contributed by atoms with Crippen LogP contribution in [0, 0.1) is 0 Å². The zero-order valence-electron chi connectivity index (χ0n) is 36.6. The molecule has 3 aromatic heterocycles. The van der Waals surface area contributed by atoms with E-state index in [1.165, 1.54) is 32.3 Å². The zero-order valence-corrected chi connectivity index (χ0v) is 36.6. The maximum atomic E-state index is 6.26. The van der Waals surface area contributed by atoms with Crippen molar-refractivity contribution in [3.63, 3.8) is 0 Å². The highest BCUT2D eigenvalue weighted by Gasteiger charge is 2.25. The maximum absolute atomic E-state index is 6.26. The van der Waals surface area contributed by atoms with Crippen molar-refractivity contribution in [3.05, 3.63) is 231 Å². The number of hydrogen-bond donors (Lipinski definition) is 0. The van der Waals surface area contributed by atoms with Gasteiger partial charge in [-0.1, -0.05) is 176 Å². The number of rotatable bonds is 6. The normalized spacial score (nSPS) is 11.8. The largest absolute Gasteiger partial charge is 0.456 e. The van der Waals surface area contributed by atoms with E-state index in [9.17, 15) is 0 Å². The molecule has 5 nitrogen and oxygen atoms in total. The molecule has 0 atom stereocenters. The summed E-state index contributed by atoms with van der Waals surface area (Å²) in [6, 6.07) is 82.0. The van der Waals surface area contributed by atoms with E-state index < -0.39 is 0 Å². The van der Waals surface area contributed by atoms with Gasteiger partial charge in [-0.2, -0.15) is 0 Å². The fraction of sp³-hybridized carbons (Fsp3) is 0. The first-order valence-corrected chi connectivity index (χ1v) is 23.0.